The highest BCUT2D eigenvalue weighted by Crippen LogP contribution is 2.35. The van der Waals surface area contributed by atoms with Crippen LogP contribution in [-0.2, 0) is 11.2 Å². The van der Waals surface area contributed by atoms with Gasteiger partial charge >= 0.3 is 0 Å². The Balaban J connectivity index is 1.35. The molecule has 0 aromatic heterocycles. The zero-order valence-electron chi connectivity index (χ0n) is 16.0. The smallest absolute Gasteiger partial charge is 0.127 e. The van der Waals surface area contributed by atoms with Gasteiger partial charge in [-0.25, -0.2) is 0 Å². The molecule has 0 N–H and O–H groups in total. The van der Waals surface area contributed by atoms with Crippen molar-refractivity contribution in [1.82, 2.24) is 4.90 Å². The van der Waals surface area contributed by atoms with Crippen molar-refractivity contribution >= 4 is 12.0 Å². The Morgan fingerprint density at radius 1 is 1.04 bits per heavy atom. The van der Waals surface area contributed by atoms with Crippen molar-refractivity contribution in [2.75, 3.05) is 44.7 Å². The van der Waals surface area contributed by atoms with Crippen LogP contribution in [0.25, 0.3) is 0 Å². The van der Waals surface area contributed by atoms with Gasteiger partial charge in [-0.2, -0.15) is 0 Å². The first-order chi connectivity index (χ1) is 13.3. The Morgan fingerprint density at radius 2 is 1.78 bits per heavy atom. The molecule has 4 rings (SSSR count). The zero-order valence-corrected chi connectivity index (χ0v) is 16.0. The summed E-state index contributed by atoms with van der Waals surface area (Å²) in [6, 6.07) is 16.8. The summed E-state index contributed by atoms with van der Waals surface area (Å²) in [6.07, 6.45) is 3.38. The molecule has 4 nitrogen and oxygen atoms in total. The minimum Gasteiger partial charge on any atom is -0.497 e. The van der Waals surface area contributed by atoms with Crippen LogP contribution in [0.1, 0.15) is 23.5 Å². The average Bonchev–Trinajstić information content (AvgIpc) is 2.74. The Kier molecular flexibility index (Phi) is 5.44. The fourth-order valence-corrected chi connectivity index (χ4v) is 4.56. The van der Waals surface area contributed by atoms with Gasteiger partial charge in [-0.05, 0) is 54.2 Å². The molecule has 4 heteroatoms. The van der Waals surface area contributed by atoms with Crippen molar-refractivity contribution in [3.05, 3.63) is 59.7 Å². The highest BCUT2D eigenvalue weighted by atomic mass is 16.5. The number of fused-ring (bicyclic) bond motifs is 1. The fourth-order valence-electron chi connectivity index (χ4n) is 4.56. The standard InChI is InChI=1S/C23H28N2O2/c1-27-21-10-8-20(9-11-21)25-14-12-24(13-15-25)16-19-7-6-18-4-2-3-5-22(18)23(19)17-26/h2-5,8-11,17,19,23H,6-7,12-16H2,1H3. The number of ether oxygens (including phenoxy) is 1. The van der Waals surface area contributed by atoms with E-state index in [1.54, 1.807) is 7.11 Å². The third-order valence-corrected chi connectivity index (χ3v) is 6.16. The number of benzene rings is 2. The minimum absolute atomic E-state index is 0.0505. The number of carbonyl (C=O) groups is 1. The van der Waals surface area contributed by atoms with E-state index in [0.717, 1.165) is 51.3 Å². The van der Waals surface area contributed by atoms with E-state index in [0.29, 0.717) is 5.92 Å². The zero-order chi connectivity index (χ0) is 18.6. The molecule has 142 valence electrons. The van der Waals surface area contributed by atoms with E-state index < -0.39 is 0 Å². The summed E-state index contributed by atoms with van der Waals surface area (Å²) in [4.78, 5) is 16.8. The number of hydrogen-bond donors (Lipinski definition) is 0. The number of hydrogen-bond acceptors (Lipinski definition) is 4. The maximum Gasteiger partial charge on any atom is 0.127 e. The summed E-state index contributed by atoms with van der Waals surface area (Å²) in [5.41, 5.74) is 3.86. The number of anilines is 1. The fraction of sp³-hybridized carbons (Fsp3) is 0.435. The SMILES string of the molecule is COc1ccc(N2CCN(CC3CCc4ccccc4C3C=O)CC2)cc1. The van der Waals surface area contributed by atoms with Crippen LogP contribution in [0.2, 0.25) is 0 Å². The summed E-state index contributed by atoms with van der Waals surface area (Å²) in [5, 5.41) is 0. The molecular weight excluding hydrogens is 336 g/mol. The molecule has 2 aliphatic rings. The van der Waals surface area contributed by atoms with E-state index in [4.69, 9.17) is 4.74 Å². The maximum absolute atomic E-state index is 11.8. The molecule has 1 saturated heterocycles. The molecule has 1 heterocycles. The molecule has 1 aliphatic carbocycles. The molecule has 2 aromatic rings. The van der Waals surface area contributed by atoms with E-state index in [9.17, 15) is 4.79 Å². The largest absolute Gasteiger partial charge is 0.497 e. The Bertz CT molecular complexity index is 766. The molecule has 2 unspecified atom stereocenters. The highest BCUT2D eigenvalue weighted by Gasteiger charge is 2.31. The Morgan fingerprint density at radius 3 is 2.48 bits per heavy atom. The number of piperazine rings is 1. The lowest BCUT2D eigenvalue weighted by Gasteiger charge is -2.40. The Hall–Kier alpha value is -2.33. The molecule has 1 fully saturated rings. The van der Waals surface area contributed by atoms with E-state index in [1.165, 1.54) is 23.1 Å². The molecule has 0 amide bonds. The van der Waals surface area contributed by atoms with E-state index in [-0.39, 0.29) is 5.92 Å². The van der Waals surface area contributed by atoms with Crippen molar-refractivity contribution in [3.63, 3.8) is 0 Å². The lowest BCUT2D eigenvalue weighted by molar-refractivity contribution is -0.110. The quantitative estimate of drug-likeness (QED) is 0.762. The van der Waals surface area contributed by atoms with Gasteiger partial charge in [-0.1, -0.05) is 24.3 Å². The van der Waals surface area contributed by atoms with Crippen LogP contribution >= 0.6 is 0 Å². The van der Waals surface area contributed by atoms with Crippen molar-refractivity contribution in [1.29, 1.82) is 0 Å². The predicted octanol–water partition coefficient (Wildman–Crippen LogP) is 3.36. The van der Waals surface area contributed by atoms with Gasteiger partial charge in [-0.15, -0.1) is 0 Å². The topological polar surface area (TPSA) is 32.8 Å². The van der Waals surface area contributed by atoms with E-state index in [2.05, 4.69) is 46.2 Å². The lowest BCUT2D eigenvalue weighted by Crippen LogP contribution is -2.48. The monoisotopic (exact) mass is 364 g/mol. The molecule has 2 atom stereocenters. The summed E-state index contributed by atoms with van der Waals surface area (Å²) >= 11 is 0. The van der Waals surface area contributed by atoms with Crippen LogP contribution in [0.15, 0.2) is 48.5 Å². The van der Waals surface area contributed by atoms with Gasteiger partial charge in [0.05, 0.1) is 7.11 Å². The van der Waals surface area contributed by atoms with Gasteiger partial charge < -0.3 is 14.4 Å². The van der Waals surface area contributed by atoms with Crippen molar-refractivity contribution in [2.45, 2.75) is 18.8 Å². The van der Waals surface area contributed by atoms with Crippen molar-refractivity contribution in [3.8, 4) is 5.75 Å². The average molecular weight is 364 g/mol. The number of aryl methyl sites for hydroxylation is 1. The van der Waals surface area contributed by atoms with Gasteiger partial charge in [0.15, 0.2) is 0 Å². The van der Waals surface area contributed by atoms with Crippen molar-refractivity contribution in [2.24, 2.45) is 5.92 Å². The first kappa shape index (κ1) is 18.1. The third-order valence-electron chi connectivity index (χ3n) is 6.16. The second-order valence-corrected chi connectivity index (χ2v) is 7.65. The highest BCUT2D eigenvalue weighted by molar-refractivity contribution is 5.64. The van der Waals surface area contributed by atoms with Gasteiger partial charge in [0.25, 0.3) is 0 Å². The first-order valence-electron chi connectivity index (χ1n) is 9.93. The number of aldehydes is 1. The van der Waals surface area contributed by atoms with Crippen LogP contribution in [0.4, 0.5) is 5.69 Å². The second kappa shape index (κ2) is 8.13. The minimum atomic E-state index is 0.0505. The molecule has 0 spiro atoms. The lowest BCUT2D eigenvalue weighted by atomic mass is 9.75. The maximum atomic E-state index is 11.8. The van der Waals surface area contributed by atoms with Gasteiger partial charge in [0.1, 0.15) is 12.0 Å². The van der Waals surface area contributed by atoms with Crippen LogP contribution in [-0.4, -0.2) is 51.0 Å². The molecular formula is C23H28N2O2. The molecule has 0 saturated carbocycles. The third kappa shape index (κ3) is 3.86. The molecule has 2 aromatic carbocycles. The number of methoxy groups -OCH3 is 1. The summed E-state index contributed by atoms with van der Waals surface area (Å²) in [7, 11) is 1.70. The van der Waals surface area contributed by atoms with Gasteiger partial charge in [-0.3, -0.25) is 4.90 Å². The Labute approximate surface area is 161 Å². The molecule has 0 bridgehead atoms. The van der Waals surface area contributed by atoms with E-state index >= 15 is 0 Å². The number of carbonyl (C=O) groups excluding carboxylic acids is 1. The molecule has 27 heavy (non-hydrogen) atoms. The van der Waals surface area contributed by atoms with Crippen LogP contribution in [0.5, 0.6) is 5.75 Å². The van der Waals surface area contributed by atoms with Gasteiger partial charge in [0, 0.05) is 44.3 Å². The summed E-state index contributed by atoms with van der Waals surface area (Å²) < 4.78 is 5.25. The van der Waals surface area contributed by atoms with Crippen LogP contribution < -0.4 is 9.64 Å². The predicted molar refractivity (Wildman–Crippen MR) is 109 cm³/mol. The normalized spacial score (nSPS) is 22.9. The number of rotatable bonds is 5. The first-order valence-corrected chi connectivity index (χ1v) is 9.93. The van der Waals surface area contributed by atoms with Crippen LogP contribution in [0.3, 0.4) is 0 Å². The van der Waals surface area contributed by atoms with E-state index in [1.807, 2.05) is 12.1 Å². The van der Waals surface area contributed by atoms with Gasteiger partial charge in [0.2, 0.25) is 0 Å². The summed E-state index contributed by atoms with van der Waals surface area (Å²) in [6.45, 7) is 5.18. The molecule has 0 radical (unpaired) electrons. The van der Waals surface area contributed by atoms with Crippen molar-refractivity contribution < 1.29 is 9.53 Å². The molecule has 1 aliphatic heterocycles. The number of nitrogens with zero attached hydrogens (tertiary/aromatic N) is 2. The summed E-state index contributed by atoms with van der Waals surface area (Å²) in [5.74, 6) is 1.38. The van der Waals surface area contributed by atoms with Crippen LogP contribution in [0, 0.1) is 5.92 Å². The second-order valence-electron chi connectivity index (χ2n) is 7.65.